The number of fused-ring (bicyclic) bond motifs is 1. The number of ether oxygens (including phenoxy) is 3. The Morgan fingerprint density at radius 1 is 0.939 bits per heavy atom. The number of hydrogen-bond donors (Lipinski definition) is 1. The molecule has 0 bridgehead atoms. The predicted molar refractivity (Wildman–Crippen MR) is 124 cm³/mol. The number of methoxy groups -OCH3 is 3. The second-order valence-electron chi connectivity index (χ2n) is 9.32. The van der Waals surface area contributed by atoms with Crippen molar-refractivity contribution < 1.29 is 19.0 Å². The fraction of sp³-hybridized carbons (Fsp3) is 0.458. The van der Waals surface area contributed by atoms with Crippen molar-refractivity contribution in [2.75, 3.05) is 26.6 Å². The average molecular weight is 456 g/mol. The number of benzene rings is 1. The first-order chi connectivity index (χ1) is 15.5. The van der Waals surface area contributed by atoms with Crippen LogP contribution in [0.4, 0.5) is 5.82 Å². The van der Waals surface area contributed by atoms with E-state index < -0.39 is 17.2 Å². The third-order valence-electron chi connectivity index (χ3n) is 6.49. The van der Waals surface area contributed by atoms with Crippen molar-refractivity contribution in [3.8, 4) is 17.2 Å². The SMILES string of the molecule is COc1cc([C@@H]2C3=C(CC(C)(C)CC3=O)Nc3c2c(=O)n(C)c(=O)n3C)cc(OC)c1OC. The summed E-state index contributed by atoms with van der Waals surface area (Å²) in [5.41, 5.74) is 1.09. The number of aromatic nitrogens is 2. The highest BCUT2D eigenvalue weighted by molar-refractivity contribution is 6.01. The molecule has 0 saturated carbocycles. The van der Waals surface area contributed by atoms with Crippen LogP contribution in [0.2, 0.25) is 0 Å². The van der Waals surface area contributed by atoms with Crippen LogP contribution in [0.15, 0.2) is 33.0 Å². The van der Waals surface area contributed by atoms with Crippen LogP contribution in [0.3, 0.4) is 0 Å². The van der Waals surface area contributed by atoms with Crippen molar-refractivity contribution in [3.05, 3.63) is 55.4 Å². The van der Waals surface area contributed by atoms with Crippen LogP contribution in [-0.4, -0.2) is 36.2 Å². The molecule has 0 amide bonds. The maximum Gasteiger partial charge on any atom is 0.332 e. The van der Waals surface area contributed by atoms with Gasteiger partial charge in [-0.1, -0.05) is 13.8 Å². The van der Waals surface area contributed by atoms with Crippen LogP contribution in [0.1, 0.15) is 43.7 Å². The van der Waals surface area contributed by atoms with Gasteiger partial charge in [-0.15, -0.1) is 0 Å². The van der Waals surface area contributed by atoms with Crippen molar-refractivity contribution in [1.82, 2.24) is 9.13 Å². The summed E-state index contributed by atoms with van der Waals surface area (Å²) >= 11 is 0. The molecule has 0 unspecified atom stereocenters. The highest BCUT2D eigenvalue weighted by atomic mass is 16.5. The molecule has 0 radical (unpaired) electrons. The highest BCUT2D eigenvalue weighted by Crippen LogP contribution is 2.50. The number of rotatable bonds is 4. The number of carbonyl (C=O) groups excluding carboxylic acids is 1. The molecule has 1 N–H and O–H groups in total. The lowest BCUT2D eigenvalue weighted by Crippen LogP contribution is -2.45. The molecule has 0 spiro atoms. The Morgan fingerprint density at radius 2 is 1.55 bits per heavy atom. The minimum absolute atomic E-state index is 0.0333. The van der Waals surface area contributed by atoms with E-state index in [9.17, 15) is 14.4 Å². The normalized spacial score (nSPS) is 18.9. The first-order valence-electron chi connectivity index (χ1n) is 10.7. The number of nitrogens with zero attached hydrogens (tertiary/aromatic N) is 2. The van der Waals surface area contributed by atoms with Gasteiger partial charge in [0.05, 0.1) is 26.9 Å². The zero-order chi connectivity index (χ0) is 24.2. The van der Waals surface area contributed by atoms with E-state index in [4.69, 9.17) is 14.2 Å². The maximum atomic E-state index is 13.5. The Hall–Kier alpha value is -3.49. The lowest BCUT2D eigenvalue weighted by Gasteiger charge is -2.39. The largest absolute Gasteiger partial charge is 0.493 e. The van der Waals surface area contributed by atoms with E-state index in [-0.39, 0.29) is 11.2 Å². The number of ketones is 1. The third-order valence-corrected chi connectivity index (χ3v) is 6.49. The molecule has 176 valence electrons. The standard InChI is InChI=1S/C24H29N3O6/c1-24(2)10-13-18(14(28)11-24)17(12-8-15(31-5)20(33-7)16(9-12)32-6)19-21(25-13)26(3)23(30)27(4)22(19)29/h8-9,17,25H,10-11H2,1-7H3/t17-/m1/s1. The summed E-state index contributed by atoms with van der Waals surface area (Å²) in [5, 5.41) is 3.26. The molecule has 9 heteroatoms. The summed E-state index contributed by atoms with van der Waals surface area (Å²) in [4.78, 5) is 39.5. The monoisotopic (exact) mass is 455 g/mol. The Bertz CT molecular complexity index is 1290. The number of hydrogen-bond acceptors (Lipinski definition) is 7. The molecular formula is C24H29N3O6. The van der Waals surface area contributed by atoms with E-state index in [1.165, 1.54) is 32.9 Å². The topological polar surface area (TPSA) is 101 Å². The van der Waals surface area contributed by atoms with Crippen molar-refractivity contribution in [1.29, 1.82) is 0 Å². The third kappa shape index (κ3) is 3.42. The fourth-order valence-corrected chi connectivity index (χ4v) is 4.95. The van der Waals surface area contributed by atoms with Crippen LogP contribution in [-0.2, 0) is 18.9 Å². The molecule has 1 aliphatic carbocycles. The average Bonchev–Trinajstić information content (AvgIpc) is 2.78. The van der Waals surface area contributed by atoms with Gasteiger partial charge in [0.2, 0.25) is 5.75 Å². The van der Waals surface area contributed by atoms with Crippen LogP contribution in [0, 0.1) is 5.41 Å². The van der Waals surface area contributed by atoms with Gasteiger partial charge in [0.15, 0.2) is 17.3 Å². The van der Waals surface area contributed by atoms with Gasteiger partial charge in [-0.25, -0.2) is 4.79 Å². The van der Waals surface area contributed by atoms with Crippen molar-refractivity contribution in [2.24, 2.45) is 19.5 Å². The number of nitrogens with one attached hydrogen (secondary N) is 1. The number of Topliss-reactive ketones (excluding diaryl/α,β-unsaturated/α-hetero) is 1. The van der Waals surface area contributed by atoms with E-state index >= 15 is 0 Å². The predicted octanol–water partition coefficient (Wildman–Crippen LogP) is 2.31. The van der Waals surface area contributed by atoms with Gasteiger partial charge in [0.25, 0.3) is 5.56 Å². The van der Waals surface area contributed by atoms with E-state index in [2.05, 4.69) is 5.32 Å². The smallest absolute Gasteiger partial charge is 0.332 e. The number of carbonyl (C=O) groups is 1. The molecule has 2 heterocycles. The summed E-state index contributed by atoms with van der Waals surface area (Å²) in [6.45, 7) is 4.06. The maximum absolute atomic E-state index is 13.5. The van der Waals surface area contributed by atoms with E-state index in [1.807, 2.05) is 13.8 Å². The molecule has 2 aromatic rings. The molecule has 9 nitrogen and oxygen atoms in total. The van der Waals surface area contributed by atoms with Crippen LogP contribution >= 0.6 is 0 Å². The molecule has 1 aliphatic heterocycles. The number of allylic oxidation sites excluding steroid dienone is 2. The summed E-state index contributed by atoms with van der Waals surface area (Å²) in [6, 6.07) is 3.51. The second kappa shape index (κ2) is 7.83. The Balaban J connectivity index is 2.10. The van der Waals surface area contributed by atoms with Crippen molar-refractivity contribution >= 4 is 11.6 Å². The lowest BCUT2D eigenvalue weighted by atomic mass is 9.69. The fourth-order valence-electron chi connectivity index (χ4n) is 4.95. The van der Waals surface area contributed by atoms with Crippen molar-refractivity contribution in [3.63, 3.8) is 0 Å². The van der Waals surface area contributed by atoms with Gasteiger partial charge < -0.3 is 19.5 Å². The quantitative estimate of drug-likeness (QED) is 0.755. The first kappa shape index (κ1) is 22.7. The summed E-state index contributed by atoms with van der Waals surface area (Å²) in [6.07, 6.45) is 0.966. The van der Waals surface area contributed by atoms with Crippen LogP contribution < -0.4 is 30.8 Å². The molecule has 4 rings (SSSR count). The van der Waals surface area contributed by atoms with Gasteiger partial charge in [-0.05, 0) is 29.5 Å². The van der Waals surface area contributed by atoms with Crippen molar-refractivity contribution in [2.45, 2.75) is 32.6 Å². The molecule has 33 heavy (non-hydrogen) atoms. The van der Waals surface area contributed by atoms with Gasteiger partial charge >= 0.3 is 5.69 Å². The minimum atomic E-state index is -0.695. The van der Waals surface area contributed by atoms with Gasteiger partial charge in [-0.2, -0.15) is 0 Å². The molecule has 0 fully saturated rings. The van der Waals surface area contributed by atoms with E-state index in [0.29, 0.717) is 52.6 Å². The van der Waals surface area contributed by atoms with Gasteiger partial charge in [0, 0.05) is 37.7 Å². The summed E-state index contributed by atoms with van der Waals surface area (Å²) < 4.78 is 19.0. The summed E-state index contributed by atoms with van der Waals surface area (Å²) in [7, 11) is 7.59. The Labute approximate surface area is 191 Å². The Morgan fingerprint density at radius 3 is 2.09 bits per heavy atom. The molecule has 1 aromatic carbocycles. The number of anilines is 1. The molecule has 1 aromatic heterocycles. The van der Waals surface area contributed by atoms with Gasteiger partial charge in [0.1, 0.15) is 5.82 Å². The first-order valence-corrected chi connectivity index (χ1v) is 10.7. The van der Waals surface area contributed by atoms with Gasteiger partial charge in [-0.3, -0.25) is 18.7 Å². The summed E-state index contributed by atoms with van der Waals surface area (Å²) in [5.74, 6) is 0.912. The van der Waals surface area contributed by atoms with Crippen LogP contribution in [0.25, 0.3) is 0 Å². The van der Waals surface area contributed by atoms with E-state index in [0.717, 1.165) is 10.3 Å². The van der Waals surface area contributed by atoms with Crippen LogP contribution in [0.5, 0.6) is 17.2 Å². The van der Waals surface area contributed by atoms with E-state index in [1.54, 1.807) is 19.2 Å². The highest BCUT2D eigenvalue weighted by Gasteiger charge is 2.43. The molecule has 0 saturated heterocycles. The zero-order valence-electron chi connectivity index (χ0n) is 20.0. The lowest BCUT2D eigenvalue weighted by molar-refractivity contribution is -0.118. The second-order valence-corrected chi connectivity index (χ2v) is 9.32. The molecule has 2 aliphatic rings. The molecular weight excluding hydrogens is 426 g/mol. The zero-order valence-corrected chi connectivity index (χ0v) is 20.0. The molecule has 1 atom stereocenters. The Kier molecular flexibility index (Phi) is 5.38. The minimum Gasteiger partial charge on any atom is -0.493 e.